The number of aliphatic carboxylic acids is 1. The van der Waals surface area contributed by atoms with Crippen LogP contribution in [0.2, 0.25) is 0 Å². The summed E-state index contributed by atoms with van der Waals surface area (Å²) in [4.78, 5) is 77.7. The molecule has 3 unspecified atom stereocenters. The molecule has 0 aliphatic carbocycles. The van der Waals surface area contributed by atoms with E-state index in [1.54, 1.807) is 12.1 Å². The number of nitrogens with zero attached hydrogens (tertiary/aromatic N) is 4. The monoisotopic (exact) mass is 731 g/mol. The number of methoxy groups -OCH3 is 1. The van der Waals surface area contributed by atoms with Crippen molar-refractivity contribution in [3.8, 4) is 5.88 Å². The number of nitrogen functional groups attached to an aromatic ring is 1. The first-order valence-electron chi connectivity index (χ1n) is 15.7. The van der Waals surface area contributed by atoms with Crippen LogP contribution in [0.5, 0.6) is 5.88 Å². The van der Waals surface area contributed by atoms with Gasteiger partial charge in [0.2, 0.25) is 11.8 Å². The first kappa shape index (κ1) is 40.7. The first-order valence-corrected chi connectivity index (χ1v) is 15.7. The normalized spacial score (nSPS) is 13.9. The number of amides is 1. The Hall–Kier alpha value is -5.73. The van der Waals surface area contributed by atoms with Crippen molar-refractivity contribution in [1.82, 2.24) is 25.3 Å². The average molecular weight is 732 g/mol. The molecular weight excluding hydrogens is 690 g/mol. The number of anilines is 2. The van der Waals surface area contributed by atoms with E-state index in [4.69, 9.17) is 24.7 Å². The Labute approximate surface area is 296 Å². The van der Waals surface area contributed by atoms with Crippen molar-refractivity contribution in [3.63, 3.8) is 0 Å². The summed E-state index contributed by atoms with van der Waals surface area (Å²) in [5.74, 6) is -5.31. The lowest BCUT2D eigenvalue weighted by molar-refractivity contribution is -0.172. The summed E-state index contributed by atoms with van der Waals surface area (Å²) in [5, 5.41) is 44.3. The van der Waals surface area contributed by atoms with Gasteiger partial charge in [-0.2, -0.15) is 9.97 Å². The standard InChI is InChI=1S/C32H41N7O13/c1-31(14-40,16-49-3)28(47)50-10-11-51-29(48)32(2,15-41)17-52-22(42)9-8-21(27(45)46)37-25(43)18-4-6-19(7-5-18)34-12-20-13-35-24-23(36-20)26(44)39-30(33)38-24/h4-7,13,21,34,40-41H,8-12,14-17H2,1-3H3,(H,37,43)(H,45,46)(H3,33,35,38,39,44). The Morgan fingerprint density at radius 3 is 2.10 bits per heavy atom. The summed E-state index contributed by atoms with van der Waals surface area (Å²) >= 11 is 0. The summed E-state index contributed by atoms with van der Waals surface area (Å²) < 4.78 is 20.1. The van der Waals surface area contributed by atoms with Gasteiger partial charge < -0.3 is 55.7 Å². The molecule has 3 rings (SSSR count). The van der Waals surface area contributed by atoms with Crippen LogP contribution in [0.25, 0.3) is 11.2 Å². The molecule has 0 bridgehead atoms. The maximum absolute atomic E-state index is 12.8. The number of hydrogen-bond acceptors (Lipinski definition) is 18. The number of esters is 3. The Morgan fingerprint density at radius 2 is 1.52 bits per heavy atom. The summed E-state index contributed by atoms with van der Waals surface area (Å²) in [6.45, 7) is 0.134. The number of carboxylic acids is 1. The lowest BCUT2D eigenvalue weighted by atomic mass is 9.93. The van der Waals surface area contributed by atoms with Gasteiger partial charge >= 0.3 is 23.9 Å². The van der Waals surface area contributed by atoms with Gasteiger partial charge in [-0.3, -0.25) is 19.2 Å². The SMILES string of the molecule is COCC(C)(CO)C(=O)OCCOC(=O)C(C)(CO)COC(=O)CCC(NC(=O)c1ccc(NCc2cnc3nc(N)nc(O)c3n2)cc1)C(=O)O. The molecule has 1 amide bonds. The second-order valence-corrected chi connectivity index (χ2v) is 12.1. The van der Waals surface area contributed by atoms with Gasteiger partial charge in [0.1, 0.15) is 36.7 Å². The van der Waals surface area contributed by atoms with Crippen LogP contribution < -0.4 is 16.4 Å². The number of nitrogens with one attached hydrogen (secondary N) is 2. The molecule has 3 atom stereocenters. The second kappa shape index (κ2) is 18.5. The van der Waals surface area contributed by atoms with Crippen LogP contribution in [-0.2, 0) is 44.7 Å². The van der Waals surface area contributed by atoms with Crippen molar-refractivity contribution in [3.05, 3.63) is 41.7 Å². The highest BCUT2D eigenvalue weighted by Gasteiger charge is 2.37. The van der Waals surface area contributed by atoms with E-state index in [1.807, 2.05) is 0 Å². The first-order chi connectivity index (χ1) is 24.6. The van der Waals surface area contributed by atoms with Gasteiger partial charge in [-0.1, -0.05) is 0 Å². The minimum atomic E-state index is -1.69. The van der Waals surface area contributed by atoms with E-state index in [9.17, 15) is 44.4 Å². The summed E-state index contributed by atoms with van der Waals surface area (Å²) in [7, 11) is 1.35. The molecule has 0 spiro atoms. The average Bonchev–Trinajstić information content (AvgIpc) is 3.12. The molecule has 2 heterocycles. The van der Waals surface area contributed by atoms with E-state index in [2.05, 4.69) is 30.6 Å². The van der Waals surface area contributed by atoms with E-state index in [-0.39, 0.29) is 55.5 Å². The highest BCUT2D eigenvalue weighted by atomic mass is 16.6. The minimum Gasteiger partial charge on any atom is -0.492 e. The summed E-state index contributed by atoms with van der Waals surface area (Å²) in [6.07, 6.45) is 0.642. The largest absolute Gasteiger partial charge is 0.492 e. The predicted molar refractivity (Wildman–Crippen MR) is 178 cm³/mol. The van der Waals surface area contributed by atoms with Gasteiger partial charge in [0.05, 0.1) is 38.3 Å². The van der Waals surface area contributed by atoms with Gasteiger partial charge in [-0.15, -0.1) is 0 Å². The second-order valence-electron chi connectivity index (χ2n) is 12.1. The van der Waals surface area contributed by atoms with Crippen LogP contribution in [0, 0.1) is 10.8 Å². The number of aromatic hydroxyl groups is 1. The number of aromatic nitrogens is 4. The van der Waals surface area contributed by atoms with E-state index in [0.717, 1.165) is 0 Å². The zero-order valence-electron chi connectivity index (χ0n) is 28.7. The number of hydrogen-bond donors (Lipinski definition) is 7. The maximum Gasteiger partial charge on any atom is 0.326 e. The smallest absolute Gasteiger partial charge is 0.326 e. The van der Waals surface area contributed by atoms with Crippen LogP contribution in [0.15, 0.2) is 30.5 Å². The zero-order chi connectivity index (χ0) is 38.5. The van der Waals surface area contributed by atoms with Gasteiger partial charge in [0.25, 0.3) is 5.91 Å². The fourth-order valence-corrected chi connectivity index (χ4v) is 4.31. The molecule has 0 saturated carbocycles. The van der Waals surface area contributed by atoms with E-state index >= 15 is 0 Å². The Morgan fingerprint density at radius 1 is 0.904 bits per heavy atom. The lowest BCUT2D eigenvalue weighted by Crippen LogP contribution is -2.42. The molecule has 0 aliphatic heterocycles. The van der Waals surface area contributed by atoms with E-state index < -0.39 is 78.8 Å². The third-order valence-electron chi connectivity index (χ3n) is 7.56. The van der Waals surface area contributed by atoms with Crippen molar-refractivity contribution in [1.29, 1.82) is 0 Å². The molecule has 2 aromatic heterocycles. The van der Waals surface area contributed by atoms with Crippen LogP contribution in [0.1, 0.15) is 42.7 Å². The van der Waals surface area contributed by atoms with Gasteiger partial charge in [-0.25, -0.2) is 14.8 Å². The number of rotatable bonds is 20. The van der Waals surface area contributed by atoms with Crippen molar-refractivity contribution in [2.24, 2.45) is 10.8 Å². The molecule has 0 fully saturated rings. The number of carbonyl (C=O) groups excluding carboxylic acids is 4. The molecule has 0 aliphatic rings. The van der Waals surface area contributed by atoms with Gasteiger partial charge in [0.15, 0.2) is 11.2 Å². The fraction of sp³-hybridized carbons (Fsp3) is 0.469. The number of ether oxygens (including phenoxy) is 4. The number of carbonyl (C=O) groups is 5. The number of aliphatic hydroxyl groups is 2. The molecule has 282 valence electrons. The Balaban J connectivity index is 1.45. The molecule has 8 N–H and O–H groups in total. The van der Waals surface area contributed by atoms with Crippen LogP contribution in [0.4, 0.5) is 11.6 Å². The number of benzene rings is 1. The molecular formula is C32H41N7O13. The van der Waals surface area contributed by atoms with Crippen LogP contribution >= 0.6 is 0 Å². The quantitative estimate of drug-likeness (QED) is 0.0440. The molecule has 0 radical (unpaired) electrons. The van der Waals surface area contributed by atoms with E-state index in [0.29, 0.717) is 11.4 Å². The molecule has 1 aromatic carbocycles. The van der Waals surface area contributed by atoms with E-state index in [1.165, 1.54) is 39.3 Å². The molecule has 20 nitrogen and oxygen atoms in total. The third kappa shape index (κ3) is 11.1. The highest BCUT2D eigenvalue weighted by molar-refractivity contribution is 5.97. The van der Waals surface area contributed by atoms with Crippen LogP contribution in [0.3, 0.4) is 0 Å². The maximum atomic E-state index is 12.8. The molecule has 52 heavy (non-hydrogen) atoms. The molecule has 0 saturated heterocycles. The fourth-order valence-electron chi connectivity index (χ4n) is 4.31. The Kier molecular flexibility index (Phi) is 14.5. The minimum absolute atomic E-state index is 0.0753. The number of fused-ring (bicyclic) bond motifs is 1. The predicted octanol–water partition coefficient (Wildman–Crippen LogP) is -0.444. The summed E-state index contributed by atoms with van der Waals surface area (Å²) in [5.41, 5.74) is 3.87. The number of carboxylic acid groups (broad SMARTS) is 1. The van der Waals surface area contributed by atoms with Crippen LogP contribution in [-0.4, -0.2) is 123 Å². The number of nitrogens with two attached hydrogens (primary N) is 1. The highest BCUT2D eigenvalue weighted by Crippen LogP contribution is 2.21. The van der Waals surface area contributed by atoms with Crippen molar-refractivity contribution >= 4 is 52.6 Å². The van der Waals surface area contributed by atoms with Gasteiger partial charge in [0, 0.05) is 24.8 Å². The molecule has 3 aromatic rings. The zero-order valence-corrected chi connectivity index (χ0v) is 28.7. The number of aliphatic hydroxyl groups excluding tert-OH is 2. The topological polar surface area (TPSA) is 305 Å². The summed E-state index contributed by atoms with van der Waals surface area (Å²) in [6, 6.07) is 4.58. The molecule has 20 heteroatoms. The Bertz CT molecular complexity index is 1740. The van der Waals surface area contributed by atoms with Crippen molar-refractivity contribution in [2.75, 3.05) is 57.8 Å². The van der Waals surface area contributed by atoms with Crippen molar-refractivity contribution in [2.45, 2.75) is 39.3 Å². The van der Waals surface area contributed by atoms with Crippen molar-refractivity contribution < 1.29 is 63.3 Å². The third-order valence-corrected chi connectivity index (χ3v) is 7.56. The van der Waals surface area contributed by atoms with Gasteiger partial charge in [-0.05, 0) is 44.5 Å². The lowest BCUT2D eigenvalue weighted by Gasteiger charge is -2.25.